The predicted molar refractivity (Wildman–Crippen MR) is 111 cm³/mol. The molecule has 1 amide bonds. The van der Waals surface area contributed by atoms with Gasteiger partial charge in [-0.05, 0) is 48.9 Å². The van der Waals surface area contributed by atoms with Crippen LogP contribution in [0.4, 0.5) is 18.9 Å². The van der Waals surface area contributed by atoms with Gasteiger partial charge in [-0.15, -0.1) is 11.3 Å². The van der Waals surface area contributed by atoms with Crippen molar-refractivity contribution in [2.75, 3.05) is 19.0 Å². The Balaban J connectivity index is 1.60. The Morgan fingerprint density at radius 1 is 1.23 bits per heavy atom. The molecule has 0 unspecified atom stereocenters. The monoisotopic (exact) mass is 433 g/mol. The first kappa shape index (κ1) is 20.4. The molecule has 30 heavy (non-hydrogen) atoms. The molecule has 0 saturated carbocycles. The maximum absolute atomic E-state index is 12.9. The van der Waals surface area contributed by atoms with Crippen LogP contribution >= 0.6 is 11.3 Å². The highest BCUT2D eigenvalue weighted by Crippen LogP contribution is 2.34. The number of carbonyl (C=O) groups excluding carboxylic acids is 1. The molecule has 1 N–H and O–H groups in total. The lowest BCUT2D eigenvalue weighted by atomic mass is 10.1. The Hall–Kier alpha value is -2.91. The number of hydrogen-bond donors (Lipinski definition) is 1. The molecule has 3 aromatic heterocycles. The van der Waals surface area contributed by atoms with Crippen molar-refractivity contribution in [3.8, 4) is 0 Å². The number of amides is 1. The highest BCUT2D eigenvalue weighted by Gasteiger charge is 2.33. The van der Waals surface area contributed by atoms with Crippen molar-refractivity contribution in [3.63, 3.8) is 0 Å². The summed E-state index contributed by atoms with van der Waals surface area (Å²) in [6.07, 6.45) is -2.57. The number of aromatic nitrogens is 2. The first-order valence-electron chi connectivity index (χ1n) is 9.14. The smallest absolute Gasteiger partial charge is 0.383 e. The van der Waals surface area contributed by atoms with Gasteiger partial charge in [0.1, 0.15) is 10.5 Å². The standard InChI is InChI=1S/C21H18F3N3O2S/c1-12-15-4-6-17(21(22,23)24)26-20(15)30-18(12)19(28)25-14-3-5-16-13(11-14)7-8-27(16)9-10-29-2/h3-8,11H,9-10H2,1-2H3,(H,25,28). The lowest BCUT2D eigenvalue weighted by Gasteiger charge is -2.07. The summed E-state index contributed by atoms with van der Waals surface area (Å²) in [6, 6.07) is 9.82. The molecule has 0 spiro atoms. The fourth-order valence-corrected chi connectivity index (χ4v) is 4.40. The summed E-state index contributed by atoms with van der Waals surface area (Å²) < 4.78 is 45.9. The minimum absolute atomic E-state index is 0.193. The molecular formula is C21H18F3N3O2S. The number of benzene rings is 1. The average molecular weight is 433 g/mol. The molecule has 0 aliphatic rings. The van der Waals surface area contributed by atoms with Gasteiger partial charge < -0.3 is 14.6 Å². The van der Waals surface area contributed by atoms with E-state index in [4.69, 9.17) is 4.74 Å². The number of halogens is 3. The van der Waals surface area contributed by atoms with Crippen molar-refractivity contribution in [1.29, 1.82) is 0 Å². The molecule has 156 valence electrons. The summed E-state index contributed by atoms with van der Waals surface area (Å²) >= 11 is 0.957. The van der Waals surface area contributed by atoms with E-state index in [9.17, 15) is 18.0 Å². The average Bonchev–Trinajstić information content (AvgIpc) is 3.26. The van der Waals surface area contributed by atoms with Gasteiger partial charge in [0.05, 0.1) is 11.5 Å². The van der Waals surface area contributed by atoms with Crippen LogP contribution in [0.3, 0.4) is 0 Å². The van der Waals surface area contributed by atoms with Crippen LogP contribution in [0.15, 0.2) is 42.6 Å². The van der Waals surface area contributed by atoms with E-state index < -0.39 is 11.9 Å². The number of thiophene rings is 1. The zero-order chi connectivity index (χ0) is 21.5. The van der Waals surface area contributed by atoms with Crippen LogP contribution in [-0.2, 0) is 17.5 Å². The molecule has 0 saturated heterocycles. The highest BCUT2D eigenvalue weighted by molar-refractivity contribution is 7.20. The van der Waals surface area contributed by atoms with E-state index in [1.165, 1.54) is 6.07 Å². The molecule has 0 aliphatic heterocycles. The van der Waals surface area contributed by atoms with Crippen LogP contribution in [0, 0.1) is 6.92 Å². The SMILES string of the molecule is COCCn1ccc2cc(NC(=O)c3sc4nc(C(F)(F)F)ccc4c3C)ccc21. The van der Waals surface area contributed by atoms with Gasteiger partial charge in [0, 0.05) is 41.8 Å². The maximum atomic E-state index is 12.9. The molecule has 3 heterocycles. The van der Waals surface area contributed by atoms with E-state index in [1.807, 2.05) is 24.4 Å². The third kappa shape index (κ3) is 3.78. The van der Waals surface area contributed by atoms with E-state index in [2.05, 4.69) is 14.9 Å². The van der Waals surface area contributed by atoms with E-state index in [1.54, 1.807) is 20.1 Å². The molecule has 5 nitrogen and oxygen atoms in total. The number of carbonyl (C=O) groups is 1. The predicted octanol–water partition coefficient (Wildman–Crippen LogP) is 5.48. The second-order valence-electron chi connectivity index (χ2n) is 6.83. The number of alkyl halides is 3. The van der Waals surface area contributed by atoms with Gasteiger partial charge in [-0.1, -0.05) is 0 Å². The summed E-state index contributed by atoms with van der Waals surface area (Å²) in [5.74, 6) is -0.373. The third-order valence-corrected chi connectivity index (χ3v) is 6.07. The molecule has 0 fully saturated rings. The number of nitrogens with one attached hydrogen (secondary N) is 1. The Morgan fingerprint density at radius 2 is 2.03 bits per heavy atom. The van der Waals surface area contributed by atoms with Crippen molar-refractivity contribution >= 4 is 44.1 Å². The third-order valence-electron chi connectivity index (χ3n) is 4.87. The molecule has 0 bridgehead atoms. The number of ether oxygens (including phenoxy) is 1. The van der Waals surface area contributed by atoms with E-state index >= 15 is 0 Å². The number of nitrogens with zero attached hydrogens (tertiary/aromatic N) is 2. The van der Waals surface area contributed by atoms with Gasteiger partial charge in [-0.2, -0.15) is 13.2 Å². The second kappa shape index (κ2) is 7.73. The van der Waals surface area contributed by atoms with Crippen molar-refractivity contribution in [3.05, 3.63) is 58.7 Å². The normalized spacial score (nSPS) is 12.0. The number of methoxy groups -OCH3 is 1. The van der Waals surface area contributed by atoms with Crippen LogP contribution in [0.1, 0.15) is 20.9 Å². The molecule has 0 atom stereocenters. The summed E-state index contributed by atoms with van der Waals surface area (Å²) in [7, 11) is 1.65. The Morgan fingerprint density at radius 3 is 2.77 bits per heavy atom. The highest BCUT2D eigenvalue weighted by atomic mass is 32.1. The Kier molecular flexibility index (Phi) is 5.25. The van der Waals surface area contributed by atoms with Crippen LogP contribution in [0.25, 0.3) is 21.1 Å². The van der Waals surface area contributed by atoms with Gasteiger partial charge in [-0.25, -0.2) is 4.98 Å². The fraction of sp³-hybridized carbons (Fsp3) is 0.238. The van der Waals surface area contributed by atoms with Crippen LogP contribution in [0.5, 0.6) is 0 Å². The molecule has 0 radical (unpaired) electrons. The van der Waals surface area contributed by atoms with Crippen molar-refractivity contribution < 1.29 is 22.7 Å². The number of rotatable bonds is 5. The Labute approximate surface area is 174 Å². The fourth-order valence-electron chi connectivity index (χ4n) is 3.32. The molecule has 1 aromatic carbocycles. The zero-order valence-electron chi connectivity index (χ0n) is 16.2. The maximum Gasteiger partial charge on any atom is 0.433 e. The minimum atomic E-state index is -4.52. The number of anilines is 1. The van der Waals surface area contributed by atoms with Crippen LogP contribution < -0.4 is 5.32 Å². The molecule has 9 heteroatoms. The summed E-state index contributed by atoms with van der Waals surface area (Å²) in [6.45, 7) is 3.03. The Bertz CT molecular complexity index is 1240. The number of aryl methyl sites for hydroxylation is 1. The van der Waals surface area contributed by atoms with Crippen LogP contribution in [-0.4, -0.2) is 29.2 Å². The summed E-state index contributed by atoms with van der Waals surface area (Å²) in [5.41, 5.74) is 1.27. The van der Waals surface area contributed by atoms with E-state index in [0.29, 0.717) is 28.1 Å². The lowest BCUT2D eigenvalue weighted by Crippen LogP contribution is -2.11. The molecular weight excluding hydrogens is 415 g/mol. The molecule has 4 rings (SSSR count). The lowest BCUT2D eigenvalue weighted by molar-refractivity contribution is -0.140. The van der Waals surface area contributed by atoms with Gasteiger partial charge in [0.15, 0.2) is 0 Å². The number of hydrogen-bond acceptors (Lipinski definition) is 4. The zero-order valence-corrected chi connectivity index (χ0v) is 17.0. The van der Waals surface area contributed by atoms with Crippen molar-refractivity contribution in [2.45, 2.75) is 19.6 Å². The van der Waals surface area contributed by atoms with Gasteiger partial charge in [-0.3, -0.25) is 4.79 Å². The topological polar surface area (TPSA) is 56.1 Å². The second-order valence-corrected chi connectivity index (χ2v) is 7.83. The van der Waals surface area contributed by atoms with E-state index in [-0.39, 0.29) is 10.7 Å². The first-order chi connectivity index (χ1) is 14.3. The van der Waals surface area contributed by atoms with Crippen LogP contribution in [0.2, 0.25) is 0 Å². The molecule has 0 aliphatic carbocycles. The number of fused-ring (bicyclic) bond motifs is 2. The quantitative estimate of drug-likeness (QED) is 0.454. The van der Waals surface area contributed by atoms with Gasteiger partial charge in [0.25, 0.3) is 5.91 Å². The van der Waals surface area contributed by atoms with Crippen molar-refractivity contribution in [1.82, 2.24) is 9.55 Å². The van der Waals surface area contributed by atoms with Gasteiger partial charge in [0.2, 0.25) is 0 Å². The minimum Gasteiger partial charge on any atom is -0.383 e. The number of pyridine rings is 1. The summed E-state index contributed by atoms with van der Waals surface area (Å²) in [4.78, 5) is 17.0. The van der Waals surface area contributed by atoms with Gasteiger partial charge >= 0.3 is 6.18 Å². The largest absolute Gasteiger partial charge is 0.433 e. The summed E-state index contributed by atoms with van der Waals surface area (Å²) in [5, 5.41) is 4.35. The van der Waals surface area contributed by atoms with E-state index in [0.717, 1.165) is 34.9 Å². The molecule has 4 aromatic rings. The first-order valence-corrected chi connectivity index (χ1v) is 9.96. The van der Waals surface area contributed by atoms with Crippen molar-refractivity contribution in [2.24, 2.45) is 0 Å².